The number of rotatable bonds is 6. The van der Waals surface area contributed by atoms with Gasteiger partial charge >= 0.3 is 0 Å². The van der Waals surface area contributed by atoms with Gasteiger partial charge < -0.3 is 4.74 Å². The van der Waals surface area contributed by atoms with Gasteiger partial charge in [0.1, 0.15) is 0 Å². The quantitative estimate of drug-likeness (QED) is 0.738. The van der Waals surface area contributed by atoms with Crippen molar-refractivity contribution in [3.63, 3.8) is 0 Å². The van der Waals surface area contributed by atoms with Crippen LogP contribution in [0.3, 0.4) is 0 Å². The summed E-state index contributed by atoms with van der Waals surface area (Å²) in [5, 5.41) is 0. The lowest BCUT2D eigenvalue weighted by Gasteiger charge is -2.33. The largest absolute Gasteiger partial charge is 0.379 e. The lowest BCUT2D eigenvalue weighted by molar-refractivity contribution is 0.0720. The van der Waals surface area contributed by atoms with Crippen LogP contribution < -0.4 is 4.72 Å². The van der Waals surface area contributed by atoms with Gasteiger partial charge in [-0.1, -0.05) is 6.92 Å². The van der Waals surface area contributed by atoms with Gasteiger partial charge in [-0.25, -0.2) is 0 Å². The lowest BCUT2D eigenvalue weighted by Crippen LogP contribution is -2.57. The maximum atomic E-state index is 12.1. The molecule has 1 saturated heterocycles. The molecule has 8 heteroatoms. The standard InChI is InChI=1S/C9H18Cl2N2O3S/c1-2-9(7-10,8-11)12-17(14,15)13-3-5-16-6-4-13/h12H,2-8H2,1H3. The van der Waals surface area contributed by atoms with Crippen molar-refractivity contribution in [3.05, 3.63) is 0 Å². The average molecular weight is 305 g/mol. The van der Waals surface area contributed by atoms with Gasteiger partial charge in [0.25, 0.3) is 10.2 Å². The Balaban J connectivity index is 2.76. The summed E-state index contributed by atoms with van der Waals surface area (Å²) in [5.41, 5.74) is -0.778. The highest BCUT2D eigenvalue weighted by atomic mass is 35.5. The maximum Gasteiger partial charge on any atom is 0.280 e. The highest BCUT2D eigenvalue weighted by Crippen LogP contribution is 2.18. The second-order valence-corrected chi connectivity index (χ2v) is 6.22. The van der Waals surface area contributed by atoms with Gasteiger partial charge in [0.15, 0.2) is 0 Å². The van der Waals surface area contributed by atoms with Crippen molar-refractivity contribution >= 4 is 33.4 Å². The first kappa shape index (κ1) is 15.5. The van der Waals surface area contributed by atoms with Crippen LogP contribution in [0.5, 0.6) is 0 Å². The van der Waals surface area contributed by atoms with Crippen molar-refractivity contribution in [2.24, 2.45) is 0 Å². The van der Waals surface area contributed by atoms with E-state index in [4.69, 9.17) is 27.9 Å². The Kier molecular flexibility index (Phi) is 5.95. The number of nitrogens with one attached hydrogen (secondary N) is 1. The lowest BCUT2D eigenvalue weighted by atomic mass is 10.0. The van der Waals surface area contributed by atoms with Gasteiger partial charge in [-0.2, -0.15) is 17.4 Å². The van der Waals surface area contributed by atoms with Crippen molar-refractivity contribution in [2.75, 3.05) is 38.1 Å². The monoisotopic (exact) mass is 304 g/mol. The third-order valence-electron chi connectivity index (χ3n) is 2.84. The number of nitrogens with zero attached hydrogens (tertiary/aromatic N) is 1. The third-order valence-corrected chi connectivity index (χ3v) is 5.60. The minimum Gasteiger partial charge on any atom is -0.379 e. The fourth-order valence-corrected chi connectivity index (χ4v) is 4.03. The molecule has 0 amide bonds. The van der Waals surface area contributed by atoms with E-state index in [-0.39, 0.29) is 11.8 Å². The molecule has 1 aliphatic heterocycles. The molecule has 0 atom stereocenters. The Bertz CT molecular complexity index is 319. The van der Waals surface area contributed by atoms with Crippen LogP contribution in [0.4, 0.5) is 0 Å². The Morgan fingerprint density at radius 1 is 1.29 bits per heavy atom. The molecule has 0 aromatic rings. The summed E-state index contributed by atoms with van der Waals surface area (Å²) in [7, 11) is -3.54. The molecular formula is C9H18Cl2N2O3S. The Morgan fingerprint density at radius 3 is 2.24 bits per heavy atom. The predicted molar refractivity (Wildman–Crippen MR) is 68.9 cm³/mol. The van der Waals surface area contributed by atoms with Crippen LogP contribution in [0.15, 0.2) is 0 Å². The molecule has 0 saturated carbocycles. The zero-order chi connectivity index (χ0) is 12.9. The van der Waals surface area contributed by atoms with E-state index in [1.54, 1.807) is 0 Å². The van der Waals surface area contributed by atoms with Gasteiger partial charge in [-0.3, -0.25) is 0 Å². The molecule has 1 heterocycles. The first-order valence-corrected chi connectivity index (χ1v) is 7.99. The van der Waals surface area contributed by atoms with Crippen molar-refractivity contribution in [1.82, 2.24) is 9.03 Å². The topological polar surface area (TPSA) is 58.6 Å². The molecular weight excluding hydrogens is 287 g/mol. The van der Waals surface area contributed by atoms with E-state index < -0.39 is 15.7 Å². The first-order valence-electron chi connectivity index (χ1n) is 5.48. The number of hydrogen-bond donors (Lipinski definition) is 1. The van der Waals surface area contributed by atoms with Crippen LogP contribution in [0.2, 0.25) is 0 Å². The van der Waals surface area contributed by atoms with Crippen LogP contribution in [0.25, 0.3) is 0 Å². The van der Waals surface area contributed by atoms with E-state index in [1.807, 2.05) is 6.92 Å². The van der Waals surface area contributed by atoms with Crippen molar-refractivity contribution in [1.29, 1.82) is 0 Å². The summed E-state index contributed by atoms with van der Waals surface area (Å²) in [6.45, 7) is 3.41. The van der Waals surface area contributed by atoms with Crippen LogP contribution in [-0.2, 0) is 14.9 Å². The van der Waals surface area contributed by atoms with E-state index in [1.165, 1.54) is 4.31 Å². The van der Waals surface area contributed by atoms with Crippen LogP contribution >= 0.6 is 23.2 Å². The number of morpholine rings is 1. The number of halogens is 2. The highest BCUT2D eigenvalue weighted by Gasteiger charge is 2.35. The summed E-state index contributed by atoms with van der Waals surface area (Å²) < 4.78 is 33.3. The second kappa shape index (κ2) is 6.54. The molecule has 1 aliphatic rings. The smallest absolute Gasteiger partial charge is 0.280 e. The third kappa shape index (κ3) is 3.94. The predicted octanol–water partition coefficient (Wildman–Crippen LogP) is 0.779. The minimum absolute atomic E-state index is 0.149. The van der Waals surface area contributed by atoms with E-state index in [0.29, 0.717) is 32.7 Å². The molecule has 1 fully saturated rings. The van der Waals surface area contributed by atoms with Crippen LogP contribution in [-0.4, -0.2) is 56.3 Å². The molecule has 1 N–H and O–H groups in total. The van der Waals surface area contributed by atoms with Crippen molar-refractivity contribution < 1.29 is 13.2 Å². The molecule has 1 rings (SSSR count). The SMILES string of the molecule is CCC(CCl)(CCl)NS(=O)(=O)N1CCOCC1. The zero-order valence-electron chi connectivity index (χ0n) is 9.79. The Hall–Kier alpha value is 0.410. The highest BCUT2D eigenvalue weighted by molar-refractivity contribution is 7.87. The molecule has 17 heavy (non-hydrogen) atoms. The van der Waals surface area contributed by atoms with Crippen molar-refractivity contribution in [3.8, 4) is 0 Å². The summed E-state index contributed by atoms with van der Waals surface area (Å²) in [6, 6.07) is 0. The molecule has 0 unspecified atom stereocenters. The molecule has 5 nitrogen and oxygen atoms in total. The molecule has 0 aliphatic carbocycles. The normalized spacial score (nSPS) is 19.5. The summed E-state index contributed by atoms with van der Waals surface area (Å²) >= 11 is 11.6. The molecule has 102 valence electrons. The Labute approximate surface area is 113 Å². The maximum absolute atomic E-state index is 12.1. The number of hydrogen-bond acceptors (Lipinski definition) is 3. The van der Waals surface area contributed by atoms with E-state index in [0.717, 1.165) is 0 Å². The van der Waals surface area contributed by atoms with Gasteiger partial charge in [0.05, 0.1) is 18.8 Å². The Morgan fingerprint density at radius 2 is 1.82 bits per heavy atom. The fraction of sp³-hybridized carbons (Fsp3) is 1.00. The van der Waals surface area contributed by atoms with Gasteiger partial charge in [-0.15, -0.1) is 23.2 Å². The van der Waals surface area contributed by atoms with E-state index in [2.05, 4.69) is 4.72 Å². The molecule has 0 bridgehead atoms. The van der Waals surface area contributed by atoms with E-state index in [9.17, 15) is 8.42 Å². The summed E-state index contributed by atoms with van der Waals surface area (Å²) in [4.78, 5) is 0. The first-order chi connectivity index (χ1) is 7.99. The zero-order valence-corrected chi connectivity index (χ0v) is 12.1. The number of ether oxygens (including phenoxy) is 1. The average Bonchev–Trinajstić information content (AvgIpc) is 2.37. The summed E-state index contributed by atoms with van der Waals surface area (Å²) in [5.74, 6) is 0.299. The van der Waals surface area contributed by atoms with Crippen LogP contribution in [0.1, 0.15) is 13.3 Å². The van der Waals surface area contributed by atoms with Gasteiger partial charge in [0, 0.05) is 24.8 Å². The molecule has 0 spiro atoms. The number of alkyl halides is 2. The molecule has 0 aromatic carbocycles. The van der Waals surface area contributed by atoms with Crippen molar-refractivity contribution in [2.45, 2.75) is 18.9 Å². The van der Waals surface area contributed by atoms with Gasteiger partial charge in [0.2, 0.25) is 0 Å². The summed E-state index contributed by atoms with van der Waals surface area (Å²) in [6.07, 6.45) is 0.545. The molecule has 0 radical (unpaired) electrons. The minimum atomic E-state index is -3.54. The van der Waals surface area contributed by atoms with E-state index >= 15 is 0 Å². The fourth-order valence-electron chi connectivity index (χ4n) is 1.48. The second-order valence-electron chi connectivity index (χ2n) is 4.02. The molecule has 0 aromatic heterocycles. The van der Waals surface area contributed by atoms with Gasteiger partial charge in [-0.05, 0) is 6.42 Å². The van der Waals surface area contributed by atoms with Crippen LogP contribution in [0, 0.1) is 0 Å².